The molecule has 0 atom stereocenters. The molecule has 0 spiro atoms. The van der Waals surface area contributed by atoms with Crippen LogP contribution in [0.3, 0.4) is 0 Å². The molecule has 0 aliphatic heterocycles. The van der Waals surface area contributed by atoms with Gasteiger partial charge in [0.25, 0.3) is 0 Å². The second-order valence-electron chi connectivity index (χ2n) is 3.07. The summed E-state index contributed by atoms with van der Waals surface area (Å²) in [4.78, 5) is 10.8. The van der Waals surface area contributed by atoms with E-state index >= 15 is 0 Å². The van der Waals surface area contributed by atoms with Crippen molar-refractivity contribution in [1.82, 2.24) is 0 Å². The molecule has 0 radical (unpaired) electrons. The van der Waals surface area contributed by atoms with Gasteiger partial charge in [0, 0.05) is 10.4 Å². The average Bonchev–Trinajstić information content (AvgIpc) is 2.17. The Bertz CT molecular complexity index is 549. The maximum Gasteiger partial charge on any atom is 0.153 e. The van der Waals surface area contributed by atoms with Crippen molar-refractivity contribution in [2.24, 2.45) is 0 Å². The molecular formula is C11H5Cl3O. The van der Waals surface area contributed by atoms with Crippen molar-refractivity contribution in [3.05, 3.63) is 44.9 Å². The first-order valence-corrected chi connectivity index (χ1v) is 5.29. The number of halogens is 3. The standard InChI is InChI=1S/C11H5Cl3O/c12-7-1-2-8-6(3-7)4-10(13)9(5-15)11(8)14/h1-5H. The monoisotopic (exact) mass is 258 g/mol. The lowest BCUT2D eigenvalue weighted by Crippen LogP contribution is -1.86. The zero-order valence-corrected chi connectivity index (χ0v) is 9.70. The molecular weight excluding hydrogens is 254 g/mol. The molecule has 15 heavy (non-hydrogen) atoms. The number of carbonyl (C=O) groups is 1. The van der Waals surface area contributed by atoms with E-state index in [-0.39, 0.29) is 0 Å². The largest absolute Gasteiger partial charge is 0.298 e. The van der Waals surface area contributed by atoms with Gasteiger partial charge in [0.1, 0.15) is 0 Å². The lowest BCUT2D eigenvalue weighted by Gasteiger charge is -2.05. The number of hydrogen-bond acceptors (Lipinski definition) is 1. The van der Waals surface area contributed by atoms with E-state index in [2.05, 4.69) is 0 Å². The predicted octanol–water partition coefficient (Wildman–Crippen LogP) is 4.61. The average molecular weight is 260 g/mol. The number of hydrogen-bond donors (Lipinski definition) is 0. The normalized spacial score (nSPS) is 10.6. The van der Waals surface area contributed by atoms with Gasteiger partial charge in [-0.2, -0.15) is 0 Å². The molecule has 2 aromatic rings. The van der Waals surface area contributed by atoms with E-state index < -0.39 is 0 Å². The summed E-state index contributed by atoms with van der Waals surface area (Å²) in [5.74, 6) is 0. The summed E-state index contributed by atoms with van der Waals surface area (Å²) in [5, 5.41) is 2.90. The third-order valence-corrected chi connectivity index (χ3v) is 3.10. The fourth-order valence-electron chi connectivity index (χ4n) is 1.43. The molecule has 1 nitrogen and oxygen atoms in total. The lowest BCUT2D eigenvalue weighted by molar-refractivity contribution is 0.112. The van der Waals surface area contributed by atoms with Gasteiger partial charge in [0.15, 0.2) is 6.29 Å². The molecule has 0 aromatic heterocycles. The highest BCUT2D eigenvalue weighted by molar-refractivity contribution is 6.42. The van der Waals surface area contributed by atoms with Gasteiger partial charge >= 0.3 is 0 Å². The Kier molecular flexibility index (Phi) is 2.87. The number of benzene rings is 2. The van der Waals surface area contributed by atoms with Crippen LogP contribution >= 0.6 is 34.8 Å². The van der Waals surface area contributed by atoms with Crippen LogP contribution in [0.25, 0.3) is 10.8 Å². The Labute approximate surface area is 102 Å². The van der Waals surface area contributed by atoms with Crippen LogP contribution in [-0.2, 0) is 0 Å². The van der Waals surface area contributed by atoms with Crippen molar-refractivity contribution in [3.63, 3.8) is 0 Å². The zero-order valence-electron chi connectivity index (χ0n) is 7.43. The SMILES string of the molecule is O=Cc1c(Cl)cc2cc(Cl)ccc2c1Cl. The Morgan fingerprint density at radius 3 is 2.47 bits per heavy atom. The van der Waals surface area contributed by atoms with Crippen LogP contribution in [0.4, 0.5) is 0 Å². The summed E-state index contributed by atoms with van der Waals surface area (Å²) in [6, 6.07) is 6.92. The quantitative estimate of drug-likeness (QED) is 0.683. The Balaban J connectivity index is 2.90. The van der Waals surface area contributed by atoms with E-state index in [0.29, 0.717) is 26.9 Å². The van der Waals surface area contributed by atoms with Crippen LogP contribution in [0, 0.1) is 0 Å². The Morgan fingerprint density at radius 2 is 1.80 bits per heavy atom. The molecule has 0 bridgehead atoms. The van der Waals surface area contributed by atoms with Gasteiger partial charge in [-0.05, 0) is 23.6 Å². The van der Waals surface area contributed by atoms with E-state index in [9.17, 15) is 4.79 Å². The van der Waals surface area contributed by atoms with E-state index in [1.54, 1.807) is 24.3 Å². The fourth-order valence-corrected chi connectivity index (χ4v) is 2.23. The van der Waals surface area contributed by atoms with Crippen molar-refractivity contribution in [2.75, 3.05) is 0 Å². The minimum atomic E-state index is 0.313. The van der Waals surface area contributed by atoms with Crippen LogP contribution in [0.5, 0.6) is 0 Å². The van der Waals surface area contributed by atoms with Gasteiger partial charge in [0.05, 0.1) is 15.6 Å². The van der Waals surface area contributed by atoms with Crippen LogP contribution in [0.2, 0.25) is 15.1 Å². The van der Waals surface area contributed by atoms with Crippen LogP contribution in [0.15, 0.2) is 24.3 Å². The van der Waals surface area contributed by atoms with Gasteiger partial charge < -0.3 is 0 Å². The van der Waals surface area contributed by atoms with Crippen molar-refractivity contribution < 1.29 is 4.79 Å². The molecule has 0 unspecified atom stereocenters. The Morgan fingerprint density at radius 1 is 1.07 bits per heavy atom. The second-order valence-corrected chi connectivity index (χ2v) is 4.29. The molecule has 0 amide bonds. The van der Waals surface area contributed by atoms with E-state index in [4.69, 9.17) is 34.8 Å². The fraction of sp³-hybridized carbons (Fsp3) is 0. The van der Waals surface area contributed by atoms with Crippen LogP contribution < -0.4 is 0 Å². The molecule has 0 fully saturated rings. The van der Waals surface area contributed by atoms with Gasteiger partial charge in [-0.25, -0.2) is 0 Å². The third-order valence-electron chi connectivity index (χ3n) is 2.14. The summed E-state index contributed by atoms with van der Waals surface area (Å²) in [6.45, 7) is 0. The van der Waals surface area contributed by atoms with E-state index in [0.717, 1.165) is 10.8 Å². The predicted molar refractivity (Wildman–Crippen MR) is 64.4 cm³/mol. The molecule has 0 saturated heterocycles. The maximum absolute atomic E-state index is 10.8. The van der Waals surface area contributed by atoms with Crippen molar-refractivity contribution in [3.8, 4) is 0 Å². The number of carbonyl (C=O) groups excluding carboxylic acids is 1. The highest BCUT2D eigenvalue weighted by Crippen LogP contribution is 2.33. The molecule has 2 rings (SSSR count). The van der Waals surface area contributed by atoms with Crippen molar-refractivity contribution >= 4 is 51.9 Å². The summed E-state index contributed by atoms with van der Waals surface area (Å²) in [6.07, 6.45) is 0.652. The lowest BCUT2D eigenvalue weighted by atomic mass is 10.1. The van der Waals surface area contributed by atoms with Gasteiger partial charge in [-0.15, -0.1) is 0 Å². The second kappa shape index (κ2) is 4.01. The molecule has 76 valence electrons. The molecule has 0 saturated carbocycles. The van der Waals surface area contributed by atoms with Gasteiger partial charge in [0.2, 0.25) is 0 Å². The maximum atomic E-state index is 10.8. The zero-order chi connectivity index (χ0) is 11.0. The first kappa shape index (κ1) is 10.7. The molecule has 0 aliphatic carbocycles. The number of rotatable bonds is 1. The number of fused-ring (bicyclic) bond motifs is 1. The summed E-state index contributed by atoms with van der Waals surface area (Å²) < 4.78 is 0. The molecule has 0 heterocycles. The van der Waals surface area contributed by atoms with Gasteiger partial charge in [-0.3, -0.25) is 4.79 Å². The van der Waals surface area contributed by atoms with E-state index in [1.165, 1.54) is 0 Å². The minimum absolute atomic E-state index is 0.313. The Hall–Kier alpha value is -0.760. The molecule has 2 aromatic carbocycles. The van der Waals surface area contributed by atoms with Gasteiger partial charge in [-0.1, -0.05) is 40.9 Å². The molecule has 0 aliphatic rings. The summed E-state index contributed by atoms with van der Waals surface area (Å²) in [7, 11) is 0. The molecule has 0 N–H and O–H groups in total. The van der Waals surface area contributed by atoms with Crippen molar-refractivity contribution in [2.45, 2.75) is 0 Å². The first-order valence-electron chi connectivity index (χ1n) is 4.16. The smallest absolute Gasteiger partial charge is 0.153 e. The summed E-state index contributed by atoms with van der Waals surface area (Å²) >= 11 is 17.8. The summed E-state index contributed by atoms with van der Waals surface area (Å²) in [5.41, 5.74) is 0.313. The molecule has 4 heteroatoms. The minimum Gasteiger partial charge on any atom is -0.298 e. The third kappa shape index (κ3) is 1.83. The first-order chi connectivity index (χ1) is 7.13. The van der Waals surface area contributed by atoms with Crippen LogP contribution in [0.1, 0.15) is 10.4 Å². The highest BCUT2D eigenvalue weighted by atomic mass is 35.5. The van der Waals surface area contributed by atoms with Crippen molar-refractivity contribution in [1.29, 1.82) is 0 Å². The van der Waals surface area contributed by atoms with E-state index in [1.807, 2.05) is 0 Å². The van der Waals surface area contributed by atoms with Crippen LogP contribution in [-0.4, -0.2) is 6.29 Å². The number of aldehydes is 1. The topological polar surface area (TPSA) is 17.1 Å². The highest BCUT2D eigenvalue weighted by Gasteiger charge is 2.09.